The Morgan fingerprint density at radius 3 is 2.60 bits per heavy atom. The maximum atomic E-state index is 12.6. The molecule has 0 radical (unpaired) electrons. The van der Waals surface area contributed by atoms with E-state index in [1.54, 1.807) is 0 Å². The molecule has 0 fully saturated rings. The van der Waals surface area contributed by atoms with Crippen molar-refractivity contribution >= 4 is 22.5 Å². The van der Waals surface area contributed by atoms with Gasteiger partial charge in [-0.15, -0.1) is 0 Å². The Bertz CT molecular complexity index is 1170. The van der Waals surface area contributed by atoms with Gasteiger partial charge >= 0.3 is 0 Å². The Morgan fingerprint density at radius 2 is 1.80 bits per heavy atom. The number of fused-ring (bicyclic) bond motifs is 1. The number of aryl methyl sites for hydroxylation is 5. The molecular formula is C24H27N5O. The summed E-state index contributed by atoms with van der Waals surface area (Å²) >= 11 is 0. The maximum absolute atomic E-state index is 12.6. The van der Waals surface area contributed by atoms with Crippen LogP contribution in [0.4, 0.5) is 5.69 Å². The number of rotatable bonds is 7. The number of nitrogens with zero attached hydrogens (tertiary/aromatic N) is 4. The number of hydrogen-bond donors (Lipinski definition) is 1. The van der Waals surface area contributed by atoms with E-state index in [1.807, 2.05) is 47.6 Å². The first-order chi connectivity index (χ1) is 14.5. The summed E-state index contributed by atoms with van der Waals surface area (Å²) < 4.78 is 3.86. The summed E-state index contributed by atoms with van der Waals surface area (Å²) in [6, 6.07) is 16.6. The van der Waals surface area contributed by atoms with Crippen molar-refractivity contribution < 1.29 is 4.79 Å². The number of carbonyl (C=O) groups excluding carboxylic acids is 1. The quantitative estimate of drug-likeness (QED) is 0.498. The lowest BCUT2D eigenvalue weighted by Crippen LogP contribution is -2.16. The third-order valence-corrected chi connectivity index (χ3v) is 5.45. The Kier molecular flexibility index (Phi) is 5.65. The molecule has 0 aliphatic heterocycles. The van der Waals surface area contributed by atoms with E-state index >= 15 is 0 Å². The van der Waals surface area contributed by atoms with Crippen molar-refractivity contribution in [2.45, 2.75) is 46.7 Å². The largest absolute Gasteiger partial charge is 0.323 e. The van der Waals surface area contributed by atoms with E-state index in [9.17, 15) is 4.79 Å². The molecule has 0 saturated carbocycles. The van der Waals surface area contributed by atoms with Gasteiger partial charge in [0.25, 0.3) is 0 Å². The minimum absolute atomic E-state index is 0.0282. The number of aromatic nitrogens is 4. The van der Waals surface area contributed by atoms with Gasteiger partial charge in [-0.2, -0.15) is 10.2 Å². The third-order valence-electron chi connectivity index (χ3n) is 5.45. The van der Waals surface area contributed by atoms with Crippen molar-refractivity contribution in [1.29, 1.82) is 0 Å². The Morgan fingerprint density at radius 1 is 1.00 bits per heavy atom. The van der Waals surface area contributed by atoms with Gasteiger partial charge in [-0.1, -0.05) is 42.0 Å². The Balaban J connectivity index is 1.38. The van der Waals surface area contributed by atoms with Gasteiger partial charge in [-0.3, -0.25) is 14.2 Å². The number of amides is 1. The van der Waals surface area contributed by atoms with Crippen LogP contribution in [0.5, 0.6) is 0 Å². The lowest BCUT2D eigenvalue weighted by molar-refractivity contribution is -0.116. The monoisotopic (exact) mass is 401 g/mol. The van der Waals surface area contributed by atoms with Crippen LogP contribution in [0, 0.1) is 20.8 Å². The molecule has 6 nitrogen and oxygen atoms in total. The van der Waals surface area contributed by atoms with Gasteiger partial charge in [0, 0.05) is 18.4 Å². The first-order valence-corrected chi connectivity index (χ1v) is 10.3. The SMILES string of the molecule is Cc1ccc2c(cnn2CCC(=O)Nc2c(C)nn(CCc3ccccc3)c2C)c1. The third kappa shape index (κ3) is 4.27. The van der Waals surface area contributed by atoms with Crippen LogP contribution in [-0.4, -0.2) is 25.5 Å². The van der Waals surface area contributed by atoms with E-state index in [1.165, 1.54) is 11.1 Å². The van der Waals surface area contributed by atoms with Crippen LogP contribution in [0.1, 0.15) is 28.9 Å². The zero-order valence-electron chi connectivity index (χ0n) is 17.7. The minimum atomic E-state index is -0.0282. The summed E-state index contributed by atoms with van der Waals surface area (Å²) in [4.78, 5) is 12.6. The Labute approximate surface area is 176 Å². The first kappa shape index (κ1) is 19.9. The van der Waals surface area contributed by atoms with Crippen molar-refractivity contribution in [2.24, 2.45) is 0 Å². The standard InChI is InChI=1S/C24H27N5O/c1-17-9-10-22-21(15-17)16-25-29(22)14-12-23(30)26-24-18(2)27-28(19(24)3)13-11-20-7-5-4-6-8-20/h4-10,15-16H,11-14H2,1-3H3,(H,26,30). The van der Waals surface area contributed by atoms with E-state index < -0.39 is 0 Å². The van der Waals surface area contributed by atoms with Crippen LogP contribution < -0.4 is 5.32 Å². The molecule has 4 rings (SSSR count). The van der Waals surface area contributed by atoms with Gasteiger partial charge < -0.3 is 5.32 Å². The lowest BCUT2D eigenvalue weighted by Gasteiger charge is -2.08. The molecule has 0 unspecified atom stereocenters. The molecule has 2 heterocycles. The molecule has 0 aliphatic rings. The van der Waals surface area contributed by atoms with Crippen molar-refractivity contribution in [3.05, 3.63) is 77.2 Å². The molecule has 0 aliphatic carbocycles. The highest BCUT2D eigenvalue weighted by Crippen LogP contribution is 2.21. The van der Waals surface area contributed by atoms with Crippen LogP contribution >= 0.6 is 0 Å². The summed E-state index contributed by atoms with van der Waals surface area (Å²) in [5.41, 5.74) is 6.17. The average molecular weight is 402 g/mol. The molecule has 1 N–H and O–H groups in total. The first-order valence-electron chi connectivity index (χ1n) is 10.3. The smallest absolute Gasteiger partial charge is 0.226 e. The molecule has 2 aromatic carbocycles. The van der Waals surface area contributed by atoms with E-state index in [-0.39, 0.29) is 5.91 Å². The zero-order chi connectivity index (χ0) is 21.1. The molecular weight excluding hydrogens is 374 g/mol. The molecule has 1 amide bonds. The predicted octanol–water partition coefficient (Wildman–Crippen LogP) is 4.43. The van der Waals surface area contributed by atoms with Crippen LogP contribution in [-0.2, 0) is 24.3 Å². The predicted molar refractivity (Wildman–Crippen MR) is 120 cm³/mol. The lowest BCUT2D eigenvalue weighted by atomic mass is 10.1. The van der Waals surface area contributed by atoms with E-state index in [4.69, 9.17) is 0 Å². The summed E-state index contributed by atoms with van der Waals surface area (Å²) in [7, 11) is 0. The van der Waals surface area contributed by atoms with E-state index in [0.717, 1.165) is 40.9 Å². The van der Waals surface area contributed by atoms with Gasteiger partial charge in [0.2, 0.25) is 5.91 Å². The van der Waals surface area contributed by atoms with E-state index in [2.05, 4.69) is 52.8 Å². The summed E-state index contributed by atoms with van der Waals surface area (Å²) in [6.45, 7) is 7.33. The highest BCUT2D eigenvalue weighted by Gasteiger charge is 2.15. The zero-order valence-corrected chi connectivity index (χ0v) is 17.7. The topological polar surface area (TPSA) is 64.7 Å². The number of benzene rings is 2. The van der Waals surface area contributed by atoms with Crippen molar-refractivity contribution in [2.75, 3.05) is 5.32 Å². The fourth-order valence-corrected chi connectivity index (χ4v) is 3.77. The average Bonchev–Trinajstić information content (AvgIpc) is 3.26. The van der Waals surface area contributed by atoms with Crippen molar-refractivity contribution in [3.63, 3.8) is 0 Å². The summed E-state index contributed by atoms with van der Waals surface area (Å²) in [5.74, 6) is -0.0282. The van der Waals surface area contributed by atoms with Gasteiger partial charge in [-0.05, 0) is 44.9 Å². The van der Waals surface area contributed by atoms with Crippen LogP contribution in [0.25, 0.3) is 10.9 Å². The van der Waals surface area contributed by atoms with Gasteiger partial charge in [0.15, 0.2) is 0 Å². The number of nitrogens with one attached hydrogen (secondary N) is 1. The molecule has 4 aromatic rings. The fourth-order valence-electron chi connectivity index (χ4n) is 3.77. The molecule has 6 heteroatoms. The maximum Gasteiger partial charge on any atom is 0.226 e. The minimum Gasteiger partial charge on any atom is -0.323 e. The van der Waals surface area contributed by atoms with Gasteiger partial charge in [0.05, 0.1) is 35.3 Å². The second-order valence-electron chi connectivity index (χ2n) is 7.73. The van der Waals surface area contributed by atoms with Crippen molar-refractivity contribution in [3.8, 4) is 0 Å². The second kappa shape index (κ2) is 8.53. The summed E-state index contributed by atoms with van der Waals surface area (Å²) in [5, 5.41) is 13.2. The molecule has 2 aromatic heterocycles. The highest BCUT2D eigenvalue weighted by atomic mass is 16.1. The number of carbonyl (C=O) groups is 1. The van der Waals surface area contributed by atoms with Crippen LogP contribution in [0.3, 0.4) is 0 Å². The van der Waals surface area contributed by atoms with Crippen LogP contribution in [0.15, 0.2) is 54.7 Å². The molecule has 0 spiro atoms. The number of hydrogen-bond acceptors (Lipinski definition) is 3. The van der Waals surface area contributed by atoms with E-state index in [0.29, 0.717) is 13.0 Å². The van der Waals surface area contributed by atoms with Gasteiger partial charge in [-0.25, -0.2) is 0 Å². The van der Waals surface area contributed by atoms with Crippen LogP contribution in [0.2, 0.25) is 0 Å². The molecule has 0 atom stereocenters. The summed E-state index contributed by atoms with van der Waals surface area (Å²) in [6.07, 6.45) is 3.12. The highest BCUT2D eigenvalue weighted by molar-refractivity contribution is 5.92. The molecule has 154 valence electrons. The Hall–Kier alpha value is -3.41. The second-order valence-corrected chi connectivity index (χ2v) is 7.73. The van der Waals surface area contributed by atoms with Gasteiger partial charge in [0.1, 0.15) is 0 Å². The normalized spacial score (nSPS) is 11.2. The molecule has 0 saturated heterocycles. The fraction of sp³-hybridized carbons (Fsp3) is 0.292. The molecule has 30 heavy (non-hydrogen) atoms. The molecule has 0 bridgehead atoms. The van der Waals surface area contributed by atoms with Crippen molar-refractivity contribution in [1.82, 2.24) is 19.6 Å². The number of anilines is 1.